The Hall–Kier alpha value is -2.35. The average Bonchev–Trinajstić information content (AvgIpc) is 2.95. The topological polar surface area (TPSA) is 49.3 Å². The first-order chi connectivity index (χ1) is 12.7. The molecule has 1 aromatic carbocycles. The molecule has 0 radical (unpaired) electrons. The van der Waals surface area contributed by atoms with Crippen LogP contribution in [0.5, 0.6) is 0 Å². The van der Waals surface area contributed by atoms with Crippen molar-refractivity contribution in [3.8, 4) is 0 Å². The zero-order valence-corrected chi connectivity index (χ0v) is 15.2. The molecule has 1 fully saturated rings. The fourth-order valence-corrected chi connectivity index (χ4v) is 3.59. The van der Waals surface area contributed by atoms with Crippen LogP contribution in [0.15, 0.2) is 18.2 Å². The maximum atomic E-state index is 13.0. The van der Waals surface area contributed by atoms with Crippen molar-refractivity contribution in [2.24, 2.45) is 0 Å². The van der Waals surface area contributed by atoms with Crippen molar-refractivity contribution in [3.05, 3.63) is 51.4 Å². The van der Waals surface area contributed by atoms with Crippen LogP contribution >= 0.6 is 11.6 Å². The third kappa shape index (κ3) is 3.34. The van der Waals surface area contributed by atoms with E-state index in [0.29, 0.717) is 5.82 Å². The van der Waals surface area contributed by atoms with Crippen molar-refractivity contribution in [2.75, 3.05) is 18.0 Å². The molecule has 0 saturated carbocycles. The van der Waals surface area contributed by atoms with Crippen molar-refractivity contribution in [1.29, 1.82) is 0 Å². The number of amides is 1. The SMILES string of the molecule is Cc1nc2c(c(N3CCC3)n1)CN(C(=O)c1cc(Cl)cc(C(F)(F)F)c1)C2. The van der Waals surface area contributed by atoms with Crippen LogP contribution in [0.3, 0.4) is 0 Å². The Bertz CT molecular complexity index is 928. The molecule has 0 aliphatic carbocycles. The summed E-state index contributed by atoms with van der Waals surface area (Å²) in [4.78, 5) is 25.4. The second-order valence-electron chi connectivity index (χ2n) is 6.75. The van der Waals surface area contributed by atoms with Crippen LogP contribution in [-0.4, -0.2) is 33.9 Å². The number of carbonyl (C=O) groups is 1. The number of halogens is 4. The number of alkyl halides is 3. The zero-order chi connectivity index (χ0) is 19.3. The molecule has 1 saturated heterocycles. The van der Waals surface area contributed by atoms with Crippen molar-refractivity contribution in [2.45, 2.75) is 32.6 Å². The summed E-state index contributed by atoms with van der Waals surface area (Å²) in [6.45, 7) is 4.11. The quantitative estimate of drug-likeness (QED) is 0.774. The molecule has 4 rings (SSSR count). The Morgan fingerprint density at radius 1 is 1.15 bits per heavy atom. The first-order valence-corrected chi connectivity index (χ1v) is 8.88. The van der Waals surface area contributed by atoms with Gasteiger partial charge in [-0.25, -0.2) is 9.97 Å². The largest absolute Gasteiger partial charge is 0.416 e. The smallest absolute Gasteiger partial charge is 0.356 e. The lowest BCUT2D eigenvalue weighted by molar-refractivity contribution is -0.137. The minimum absolute atomic E-state index is 0.0854. The highest BCUT2D eigenvalue weighted by molar-refractivity contribution is 6.31. The van der Waals surface area contributed by atoms with E-state index in [1.807, 2.05) is 0 Å². The van der Waals surface area contributed by atoms with Crippen LogP contribution in [0.1, 0.15) is 39.4 Å². The maximum Gasteiger partial charge on any atom is 0.416 e. The van der Waals surface area contributed by atoms with E-state index in [-0.39, 0.29) is 23.7 Å². The molecular formula is C18H16ClF3N4O. The summed E-state index contributed by atoms with van der Waals surface area (Å²) in [6.07, 6.45) is -3.48. The highest BCUT2D eigenvalue weighted by Crippen LogP contribution is 2.35. The molecule has 0 unspecified atom stereocenters. The van der Waals surface area contributed by atoms with E-state index in [1.54, 1.807) is 6.92 Å². The van der Waals surface area contributed by atoms with Crippen LogP contribution < -0.4 is 4.90 Å². The highest BCUT2D eigenvalue weighted by Gasteiger charge is 2.34. The predicted molar refractivity (Wildman–Crippen MR) is 93.6 cm³/mol. The molecule has 0 N–H and O–H groups in total. The molecule has 0 spiro atoms. The summed E-state index contributed by atoms with van der Waals surface area (Å²) in [7, 11) is 0. The van der Waals surface area contributed by atoms with Gasteiger partial charge in [0.25, 0.3) is 5.91 Å². The highest BCUT2D eigenvalue weighted by atomic mass is 35.5. The number of fused-ring (bicyclic) bond motifs is 1. The van der Waals surface area contributed by atoms with E-state index >= 15 is 0 Å². The molecule has 2 aliphatic heterocycles. The molecule has 1 aromatic heterocycles. The van der Waals surface area contributed by atoms with Crippen LogP contribution in [-0.2, 0) is 19.3 Å². The van der Waals surface area contributed by atoms with Crippen molar-refractivity contribution in [3.63, 3.8) is 0 Å². The number of hydrogen-bond donors (Lipinski definition) is 0. The molecule has 2 aliphatic rings. The van der Waals surface area contributed by atoms with Gasteiger partial charge in [0.15, 0.2) is 0 Å². The molecule has 3 heterocycles. The summed E-state index contributed by atoms with van der Waals surface area (Å²) in [5, 5.41) is -0.123. The lowest BCUT2D eigenvalue weighted by atomic mass is 10.1. The summed E-state index contributed by atoms with van der Waals surface area (Å²) in [5.41, 5.74) is 0.590. The molecule has 1 amide bonds. The molecule has 27 heavy (non-hydrogen) atoms. The van der Waals surface area contributed by atoms with Crippen LogP contribution in [0.2, 0.25) is 5.02 Å². The molecule has 9 heteroatoms. The molecular weight excluding hydrogens is 381 g/mol. The zero-order valence-electron chi connectivity index (χ0n) is 14.5. The Kier molecular flexibility index (Phi) is 4.25. The number of hydrogen-bond acceptors (Lipinski definition) is 4. The third-order valence-corrected chi connectivity index (χ3v) is 5.01. The number of rotatable bonds is 2. The number of nitrogens with zero attached hydrogens (tertiary/aromatic N) is 4. The average molecular weight is 397 g/mol. The number of carbonyl (C=O) groups excluding carboxylic acids is 1. The standard InChI is InChI=1S/C18H16ClF3N4O/c1-10-23-15-9-26(8-14(15)16(24-10)25-3-2-4-25)17(27)11-5-12(18(20,21)22)7-13(19)6-11/h5-7H,2-4,8-9H2,1H3. The second-order valence-corrected chi connectivity index (χ2v) is 7.18. The van der Waals surface area contributed by atoms with Gasteiger partial charge in [-0.1, -0.05) is 11.6 Å². The number of anilines is 1. The van der Waals surface area contributed by atoms with Gasteiger partial charge >= 0.3 is 6.18 Å². The first kappa shape index (κ1) is 18.0. The lowest BCUT2D eigenvalue weighted by Gasteiger charge is -2.33. The molecule has 5 nitrogen and oxygen atoms in total. The van der Waals surface area contributed by atoms with Gasteiger partial charge in [-0.05, 0) is 31.5 Å². The van der Waals surface area contributed by atoms with Crippen molar-refractivity contribution < 1.29 is 18.0 Å². The number of benzene rings is 1. The van der Waals surface area contributed by atoms with E-state index in [2.05, 4.69) is 14.9 Å². The van der Waals surface area contributed by atoms with Gasteiger partial charge in [0.1, 0.15) is 11.6 Å². The number of aromatic nitrogens is 2. The maximum absolute atomic E-state index is 13.0. The van der Waals surface area contributed by atoms with Gasteiger partial charge in [0, 0.05) is 29.2 Å². The Labute approximate surface area is 158 Å². The fourth-order valence-electron chi connectivity index (χ4n) is 3.35. The van der Waals surface area contributed by atoms with E-state index in [4.69, 9.17) is 11.6 Å². The van der Waals surface area contributed by atoms with Crippen LogP contribution in [0.4, 0.5) is 19.0 Å². The molecule has 142 valence electrons. The molecule has 0 atom stereocenters. The summed E-state index contributed by atoms with van der Waals surface area (Å²) >= 11 is 5.81. The second kappa shape index (κ2) is 6.37. The van der Waals surface area contributed by atoms with E-state index < -0.39 is 17.6 Å². The van der Waals surface area contributed by atoms with Gasteiger partial charge in [-0.2, -0.15) is 13.2 Å². The number of aryl methyl sites for hydroxylation is 1. The normalized spacial score (nSPS) is 16.3. The minimum atomic E-state index is -4.57. The van der Waals surface area contributed by atoms with Crippen molar-refractivity contribution in [1.82, 2.24) is 14.9 Å². The van der Waals surface area contributed by atoms with Gasteiger partial charge in [0.05, 0.1) is 24.3 Å². The first-order valence-electron chi connectivity index (χ1n) is 8.51. The summed E-state index contributed by atoms with van der Waals surface area (Å²) in [5.74, 6) is 0.932. The van der Waals surface area contributed by atoms with Crippen LogP contribution in [0.25, 0.3) is 0 Å². The van der Waals surface area contributed by atoms with Crippen LogP contribution in [0, 0.1) is 6.92 Å². The Morgan fingerprint density at radius 2 is 1.89 bits per heavy atom. The Balaban J connectivity index is 1.64. The van der Waals surface area contributed by atoms with Crippen molar-refractivity contribution >= 4 is 23.3 Å². The van der Waals surface area contributed by atoms with E-state index in [9.17, 15) is 18.0 Å². The fraction of sp³-hybridized carbons (Fsp3) is 0.389. The van der Waals surface area contributed by atoms with Gasteiger partial charge < -0.3 is 9.80 Å². The van der Waals surface area contributed by atoms with Gasteiger partial charge in [0.2, 0.25) is 0 Å². The predicted octanol–water partition coefficient (Wildman–Crippen LogP) is 3.82. The molecule has 2 aromatic rings. The minimum Gasteiger partial charge on any atom is -0.356 e. The van der Waals surface area contributed by atoms with E-state index in [0.717, 1.165) is 48.7 Å². The monoisotopic (exact) mass is 396 g/mol. The molecule has 0 bridgehead atoms. The van der Waals surface area contributed by atoms with Gasteiger partial charge in [-0.15, -0.1) is 0 Å². The third-order valence-electron chi connectivity index (χ3n) is 4.79. The van der Waals surface area contributed by atoms with Gasteiger partial charge in [-0.3, -0.25) is 4.79 Å². The van der Waals surface area contributed by atoms with E-state index in [1.165, 1.54) is 11.0 Å². The summed E-state index contributed by atoms with van der Waals surface area (Å²) < 4.78 is 39.1. The Morgan fingerprint density at radius 3 is 2.52 bits per heavy atom. The summed E-state index contributed by atoms with van der Waals surface area (Å²) in [6, 6.07) is 2.91. The lowest BCUT2D eigenvalue weighted by Crippen LogP contribution is -2.38.